The summed E-state index contributed by atoms with van der Waals surface area (Å²) in [4.78, 5) is 8.04. The number of primary sulfonamides is 1. The van der Waals surface area contributed by atoms with Gasteiger partial charge in [-0.15, -0.1) is 0 Å². The molecule has 1 aromatic carbocycles. The highest BCUT2D eigenvalue weighted by Crippen LogP contribution is 2.29. The molecule has 1 fully saturated rings. The highest BCUT2D eigenvalue weighted by Gasteiger charge is 2.24. The van der Waals surface area contributed by atoms with Crippen LogP contribution in [0.5, 0.6) is 0 Å². The number of hydrogen-bond acceptors (Lipinski definition) is 7. The van der Waals surface area contributed by atoms with Gasteiger partial charge in [0.1, 0.15) is 0 Å². The topological polar surface area (TPSA) is 114 Å². The minimum Gasteiger partial charge on any atom is -0.368 e. The Bertz CT molecular complexity index is 1020. The first-order valence-electron chi connectivity index (χ1n) is 8.38. The van der Waals surface area contributed by atoms with Gasteiger partial charge in [-0.3, -0.25) is 9.88 Å². The number of piperazine rings is 1. The van der Waals surface area contributed by atoms with E-state index in [2.05, 4.69) is 9.88 Å². The number of rotatable bonds is 5. The molecule has 1 aliphatic rings. The molecule has 2 aromatic rings. The van der Waals surface area contributed by atoms with E-state index in [0.29, 0.717) is 18.8 Å². The molecule has 8 nitrogen and oxygen atoms in total. The van der Waals surface area contributed by atoms with E-state index in [0.717, 1.165) is 32.0 Å². The summed E-state index contributed by atoms with van der Waals surface area (Å²) in [5, 5.41) is 5.14. The SMILES string of the molecule is CS(=O)(=O)c1cc(S(N)(=O)=O)ccc1N1CCN(Cc2ccncc2)CC1. The van der Waals surface area contributed by atoms with Crippen LogP contribution < -0.4 is 10.0 Å². The highest BCUT2D eigenvalue weighted by atomic mass is 32.2. The largest absolute Gasteiger partial charge is 0.368 e. The van der Waals surface area contributed by atoms with Gasteiger partial charge in [0.15, 0.2) is 9.84 Å². The van der Waals surface area contributed by atoms with Crippen molar-refractivity contribution in [2.45, 2.75) is 16.3 Å². The summed E-state index contributed by atoms with van der Waals surface area (Å²) in [5.74, 6) is 0. The van der Waals surface area contributed by atoms with E-state index in [-0.39, 0.29) is 9.79 Å². The summed E-state index contributed by atoms with van der Waals surface area (Å²) in [6.45, 7) is 3.62. The monoisotopic (exact) mass is 410 g/mol. The van der Waals surface area contributed by atoms with Crippen molar-refractivity contribution in [3.05, 3.63) is 48.3 Å². The summed E-state index contributed by atoms with van der Waals surface area (Å²) >= 11 is 0. The van der Waals surface area contributed by atoms with E-state index in [9.17, 15) is 16.8 Å². The lowest BCUT2D eigenvalue weighted by atomic mass is 10.2. The minimum absolute atomic E-state index is 0.0170. The van der Waals surface area contributed by atoms with Crippen molar-refractivity contribution in [3.63, 3.8) is 0 Å². The van der Waals surface area contributed by atoms with Crippen LogP contribution >= 0.6 is 0 Å². The zero-order valence-corrected chi connectivity index (χ0v) is 16.6. The Balaban J connectivity index is 1.79. The summed E-state index contributed by atoms with van der Waals surface area (Å²) in [7, 11) is -7.58. The number of hydrogen-bond donors (Lipinski definition) is 1. The van der Waals surface area contributed by atoms with Gasteiger partial charge in [-0.25, -0.2) is 22.0 Å². The second-order valence-corrected chi connectivity index (χ2v) is 10.1. The first-order chi connectivity index (χ1) is 12.6. The third-order valence-corrected chi connectivity index (χ3v) is 6.56. The predicted octanol–water partition coefficient (Wildman–Crippen LogP) is 0.455. The number of sulfonamides is 1. The summed E-state index contributed by atoms with van der Waals surface area (Å²) in [5.41, 5.74) is 1.68. The zero-order chi connectivity index (χ0) is 19.7. The number of benzene rings is 1. The lowest BCUT2D eigenvalue weighted by Gasteiger charge is -2.36. The molecule has 27 heavy (non-hydrogen) atoms. The van der Waals surface area contributed by atoms with Gasteiger partial charge in [-0.05, 0) is 35.9 Å². The quantitative estimate of drug-likeness (QED) is 0.761. The van der Waals surface area contributed by atoms with Crippen LogP contribution in [0.4, 0.5) is 5.69 Å². The molecule has 146 valence electrons. The Morgan fingerprint density at radius 3 is 2.19 bits per heavy atom. The summed E-state index contributed by atoms with van der Waals surface area (Å²) in [6.07, 6.45) is 4.59. The first kappa shape index (κ1) is 19.7. The van der Waals surface area contributed by atoms with Crippen LogP contribution in [-0.2, 0) is 26.4 Å². The average molecular weight is 411 g/mol. The first-order valence-corrected chi connectivity index (χ1v) is 11.8. The molecule has 1 aliphatic heterocycles. The number of aromatic nitrogens is 1. The van der Waals surface area contributed by atoms with Crippen molar-refractivity contribution in [3.8, 4) is 0 Å². The maximum absolute atomic E-state index is 12.2. The van der Waals surface area contributed by atoms with E-state index in [4.69, 9.17) is 5.14 Å². The lowest BCUT2D eigenvalue weighted by Crippen LogP contribution is -2.46. The number of nitrogens with two attached hydrogens (primary N) is 1. The fourth-order valence-electron chi connectivity index (χ4n) is 3.12. The normalized spacial score (nSPS) is 16.4. The van der Waals surface area contributed by atoms with Crippen LogP contribution in [0.1, 0.15) is 5.56 Å². The van der Waals surface area contributed by atoms with Gasteiger partial charge in [-0.2, -0.15) is 0 Å². The van der Waals surface area contributed by atoms with Crippen molar-refractivity contribution in [1.82, 2.24) is 9.88 Å². The molecule has 10 heteroatoms. The van der Waals surface area contributed by atoms with Crippen molar-refractivity contribution in [2.24, 2.45) is 5.14 Å². The molecule has 0 unspecified atom stereocenters. The van der Waals surface area contributed by atoms with Crippen LogP contribution in [0.2, 0.25) is 0 Å². The third kappa shape index (κ3) is 4.83. The molecular formula is C17H22N4O4S2. The van der Waals surface area contributed by atoms with E-state index in [1.54, 1.807) is 12.4 Å². The standard InChI is InChI=1S/C17H22N4O4S2/c1-26(22,23)17-12-15(27(18,24)25)2-3-16(17)21-10-8-20(9-11-21)13-14-4-6-19-7-5-14/h2-7,12H,8-11,13H2,1H3,(H2,18,24,25). The number of anilines is 1. The molecule has 0 amide bonds. The smallest absolute Gasteiger partial charge is 0.238 e. The van der Waals surface area contributed by atoms with Crippen molar-refractivity contribution in [2.75, 3.05) is 37.3 Å². The zero-order valence-electron chi connectivity index (χ0n) is 14.9. The molecule has 1 saturated heterocycles. The maximum atomic E-state index is 12.2. The molecule has 0 bridgehead atoms. The van der Waals surface area contributed by atoms with Gasteiger partial charge < -0.3 is 4.90 Å². The van der Waals surface area contributed by atoms with E-state index < -0.39 is 19.9 Å². The van der Waals surface area contributed by atoms with Gasteiger partial charge in [0.05, 0.1) is 15.5 Å². The fraction of sp³-hybridized carbons (Fsp3) is 0.353. The molecule has 0 radical (unpaired) electrons. The number of nitrogens with zero attached hydrogens (tertiary/aromatic N) is 3. The molecule has 2 heterocycles. The molecule has 1 aromatic heterocycles. The van der Waals surface area contributed by atoms with Gasteiger partial charge in [0.25, 0.3) is 0 Å². The lowest BCUT2D eigenvalue weighted by molar-refractivity contribution is 0.249. The van der Waals surface area contributed by atoms with E-state index in [1.165, 1.54) is 17.7 Å². The van der Waals surface area contributed by atoms with Gasteiger partial charge in [-0.1, -0.05) is 0 Å². The molecule has 3 rings (SSSR count). The second kappa shape index (κ2) is 7.55. The van der Waals surface area contributed by atoms with Crippen LogP contribution in [0.3, 0.4) is 0 Å². The second-order valence-electron chi connectivity index (χ2n) is 6.57. The van der Waals surface area contributed by atoms with Crippen LogP contribution in [0, 0.1) is 0 Å². The Morgan fingerprint density at radius 1 is 1.00 bits per heavy atom. The minimum atomic E-state index is -3.97. The van der Waals surface area contributed by atoms with E-state index >= 15 is 0 Å². The third-order valence-electron chi connectivity index (χ3n) is 4.53. The van der Waals surface area contributed by atoms with Crippen molar-refractivity contribution in [1.29, 1.82) is 0 Å². The van der Waals surface area contributed by atoms with Crippen LogP contribution in [0.25, 0.3) is 0 Å². The molecule has 0 spiro atoms. The molecule has 0 atom stereocenters. The number of pyridine rings is 1. The van der Waals surface area contributed by atoms with Crippen molar-refractivity contribution >= 4 is 25.5 Å². The molecule has 2 N–H and O–H groups in total. The van der Waals surface area contributed by atoms with Gasteiger partial charge in [0, 0.05) is 51.4 Å². The molecule has 0 aliphatic carbocycles. The van der Waals surface area contributed by atoms with Crippen LogP contribution in [0.15, 0.2) is 52.5 Å². The average Bonchev–Trinajstić information content (AvgIpc) is 2.61. The molecule has 0 saturated carbocycles. The van der Waals surface area contributed by atoms with Crippen LogP contribution in [-0.4, -0.2) is 59.2 Å². The summed E-state index contributed by atoms with van der Waals surface area (Å²) in [6, 6.07) is 7.96. The number of sulfone groups is 1. The van der Waals surface area contributed by atoms with E-state index in [1.807, 2.05) is 17.0 Å². The Morgan fingerprint density at radius 2 is 1.63 bits per heavy atom. The summed E-state index contributed by atoms with van der Waals surface area (Å²) < 4.78 is 47.6. The fourth-order valence-corrected chi connectivity index (χ4v) is 4.66. The van der Waals surface area contributed by atoms with Gasteiger partial charge >= 0.3 is 0 Å². The maximum Gasteiger partial charge on any atom is 0.238 e. The predicted molar refractivity (Wildman–Crippen MR) is 103 cm³/mol. The highest BCUT2D eigenvalue weighted by molar-refractivity contribution is 7.91. The Hall–Kier alpha value is -2.01. The van der Waals surface area contributed by atoms with Crippen molar-refractivity contribution < 1.29 is 16.8 Å². The molecular weight excluding hydrogens is 388 g/mol. The van der Waals surface area contributed by atoms with Gasteiger partial charge in [0.2, 0.25) is 10.0 Å². The Labute approximate surface area is 159 Å². The Kier molecular flexibility index (Phi) is 5.52.